The molecule has 1 heterocycles. The molecule has 0 amide bonds. The standard InChI is InChI=1S/C12H15N3.ClH/c1-10-8-11(9-13)2-3-12(10)15-6-4-14-5-7-15;/h2-3,8,14H,4-7H2,1H3;1H. The summed E-state index contributed by atoms with van der Waals surface area (Å²) in [5.74, 6) is 0. The minimum atomic E-state index is 0. The first-order valence-electron chi connectivity index (χ1n) is 5.27. The minimum absolute atomic E-state index is 0. The number of anilines is 1. The molecule has 0 saturated carbocycles. The lowest BCUT2D eigenvalue weighted by Crippen LogP contribution is -2.43. The molecule has 1 aromatic rings. The molecule has 1 aliphatic heterocycles. The summed E-state index contributed by atoms with van der Waals surface area (Å²) in [6.45, 7) is 6.25. The summed E-state index contributed by atoms with van der Waals surface area (Å²) >= 11 is 0. The van der Waals surface area contributed by atoms with Crippen LogP contribution in [0.15, 0.2) is 18.2 Å². The van der Waals surface area contributed by atoms with Crippen LogP contribution < -0.4 is 10.2 Å². The molecular formula is C12H16ClN3. The molecule has 2 rings (SSSR count). The number of nitriles is 1. The molecule has 1 fully saturated rings. The zero-order chi connectivity index (χ0) is 10.7. The fourth-order valence-electron chi connectivity index (χ4n) is 1.99. The van der Waals surface area contributed by atoms with E-state index in [-0.39, 0.29) is 12.4 Å². The number of hydrogen-bond donors (Lipinski definition) is 1. The van der Waals surface area contributed by atoms with Crippen molar-refractivity contribution in [2.24, 2.45) is 0 Å². The fourth-order valence-corrected chi connectivity index (χ4v) is 1.99. The highest BCUT2D eigenvalue weighted by Crippen LogP contribution is 2.21. The predicted octanol–water partition coefficient (Wildman–Crippen LogP) is 1.70. The summed E-state index contributed by atoms with van der Waals surface area (Å²) in [6.07, 6.45) is 0. The van der Waals surface area contributed by atoms with Crippen molar-refractivity contribution >= 4 is 18.1 Å². The van der Waals surface area contributed by atoms with Crippen molar-refractivity contribution in [2.75, 3.05) is 31.1 Å². The lowest BCUT2D eigenvalue weighted by Gasteiger charge is -2.30. The Hall–Kier alpha value is -1.24. The van der Waals surface area contributed by atoms with Crippen molar-refractivity contribution in [3.8, 4) is 6.07 Å². The van der Waals surface area contributed by atoms with Gasteiger partial charge < -0.3 is 10.2 Å². The maximum absolute atomic E-state index is 8.79. The Labute approximate surface area is 102 Å². The van der Waals surface area contributed by atoms with Gasteiger partial charge >= 0.3 is 0 Å². The Kier molecular flexibility index (Phi) is 4.60. The molecule has 3 nitrogen and oxygen atoms in total. The highest BCUT2D eigenvalue weighted by molar-refractivity contribution is 5.85. The van der Waals surface area contributed by atoms with Gasteiger partial charge in [0.05, 0.1) is 11.6 Å². The van der Waals surface area contributed by atoms with Crippen molar-refractivity contribution in [3.05, 3.63) is 29.3 Å². The number of nitrogens with one attached hydrogen (secondary N) is 1. The van der Waals surface area contributed by atoms with Crippen molar-refractivity contribution < 1.29 is 0 Å². The van der Waals surface area contributed by atoms with Gasteiger partial charge in [-0.3, -0.25) is 0 Å². The summed E-state index contributed by atoms with van der Waals surface area (Å²) in [7, 11) is 0. The number of nitrogens with zero attached hydrogens (tertiary/aromatic N) is 2. The van der Waals surface area contributed by atoms with E-state index >= 15 is 0 Å². The second-order valence-corrected chi connectivity index (χ2v) is 3.85. The first-order valence-corrected chi connectivity index (χ1v) is 5.27. The highest BCUT2D eigenvalue weighted by Gasteiger charge is 2.12. The number of piperazine rings is 1. The Bertz CT molecular complexity index is 392. The average molecular weight is 238 g/mol. The molecule has 1 N–H and O–H groups in total. The van der Waals surface area contributed by atoms with E-state index in [9.17, 15) is 0 Å². The third kappa shape index (κ3) is 2.66. The van der Waals surface area contributed by atoms with Crippen molar-refractivity contribution in [1.29, 1.82) is 5.26 Å². The Balaban J connectivity index is 0.00000128. The van der Waals surface area contributed by atoms with Crippen LogP contribution in [0, 0.1) is 18.3 Å². The number of rotatable bonds is 1. The van der Waals surface area contributed by atoms with Gasteiger partial charge in [0.2, 0.25) is 0 Å². The first-order chi connectivity index (χ1) is 7.31. The van der Waals surface area contributed by atoms with Gasteiger partial charge in [-0.15, -0.1) is 12.4 Å². The van der Waals surface area contributed by atoms with E-state index in [0.29, 0.717) is 0 Å². The van der Waals surface area contributed by atoms with Crippen molar-refractivity contribution in [1.82, 2.24) is 5.32 Å². The topological polar surface area (TPSA) is 39.1 Å². The van der Waals surface area contributed by atoms with Crippen LogP contribution in [0.5, 0.6) is 0 Å². The zero-order valence-corrected chi connectivity index (χ0v) is 10.2. The van der Waals surface area contributed by atoms with Gasteiger partial charge in [-0.05, 0) is 30.7 Å². The molecule has 0 aliphatic carbocycles. The van der Waals surface area contributed by atoms with E-state index in [2.05, 4.69) is 29.3 Å². The molecule has 16 heavy (non-hydrogen) atoms. The van der Waals surface area contributed by atoms with Crippen LogP contribution in [0.3, 0.4) is 0 Å². The quantitative estimate of drug-likeness (QED) is 0.808. The Morgan fingerprint density at radius 3 is 2.56 bits per heavy atom. The van der Waals surface area contributed by atoms with Crippen LogP contribution in [0.1, 0.15) is 11.1 Å². The van der Waals surface area contributed by atoms with Crippen LogP contribution >= 0.6 is 12.4 Å². The van der Waals surface area contributed by atoms with Crippen LogP contribution in [0.25, 0.3) is 0 Å². The molecule has 0 aromatic heterocycles. The molecule has 4 heteroatoms. The van der Waals surface area contributed by atoms with Gasteiger partial charge in [0, 0.05) is 31.9 Å². The summed E-state index contributed by atoms with van der Waals surface area (Å²) in [5, 5.41) is 12.1. The van der Waals surface area contributed by atoms with E-state index in [0.717, 1.165) is 31.7 Å². The summed E-state index contributed by atoms with van der Waals surface area (Å²) in [6, 6.07) is 8.07. The highest BCUT2D eigenvalue weighted by atomic mass is 35.5. The second kappa shape index (κ2) is 5.74. The third-order valence-electron chi connectivity index (χ3n) is 2.78. The molecule has 0 bridgehead atoms. The van der Waals surface area contributed by atoms with Crippen LogP contribution in [-0.4, -0.2) is 26.2 Å². The first kappa shape index (κ1) is 12.8. The molecule has 86 valence electrons. The van der Waals surface area contributed by atoms with E-state index in [1.807, 2.05) is 12.1 Å². The third-order valence-corrected chi connectivity index (χ3v) is 2.78. The van der Waals surface area contributed by atoms with E-state index < -0.39 is 0 Å². The second-order valence-electron chi connectivity index (χ2n) is 3.85. The minimum Gasteiger partial charge on any atom is -0.369 e. The average Bonchev–Trinajstić information content (AvgIpc) is 2.30. The van der Waals surface area contributed by atoms with E-state index in [4.69, 9.17) is 5.26 Å². The molecule has 1 aliphatic rings. The van der Waals surface area contributed by atoms with Crippen LogP contribution in [-0.2, 0) is 0 Å². The SMILES string of the molecule is Cc1cc(C#N)ccc1N1CCNCC1.Cl. The largest absolute Gasteiger partial charge is 0.369 e. The smallest absolute Gasteiger partial charge is 0.0991 e. The lowest BCUT2D eigenvalue weighted by molar-refractivity contribution is 0.588. The fraction of sp³-hybridized carbons (Fsp3) is 0.417. The number of aryl methyl sites for hydroxylation is 1. The molecule has 0 unspecified atom stereocenters. The van der Waals surface area contributed by atoms with Gasteiger partial charge in [0.25, 0.3) is 0 Å². The van der Waals surface area contributed by atoms with E-state index in [1.54, 1.807) is 0 Å². The maximum atomic E-state index is 8.79. The monoisotopic (exact) mass is 237 g/mol. The molecule has 0 spiro atoms. The molecular weight excluding hydrogens is 222 g/mol. The van der Waals surface area contributed by atoms with Crippen molar-refractivity contribution in [2.45, 2.75) is 6.92 Å². The van der Waals surface area contributed by atoms with Gasteiger partial charge in [-0.25, -0.2) is 0 Å². The van der Waals surface area contributed by atoms with Crippen molar-refractivity contribution in [3.63, 3.8) is 0 Å². The van der Waals surface area contributed by atoms with E-state index in [1.165, 1.54) is 11.3 Å². The lowest BCUT2D eigenvalue weighted by atomic mass is 10.1. The number of benzene rings is 1. The van der Waals surface area contributed by atoms with Crippen LogP contribution in [0.4, 0.5) is 5.69 Å². The summed E-state index contributed by atoms with van der Waals surface area (Å²) in [5.41, 5.74) is 3.19. The molecule has 0 radical (unpaired) electrons. The zero-order valence-electron chi connectivity index (χ0n) is 9.36. The maximum Gasteiger partial charge on any atom is 0.0991 e. The van der Waals surface area contributed by atoms with Gasteiger partial charge in [-0.1, -0.05) is 0 Å². The Morgan fingerprint density at radius 2 is 2.00 bits per heavy atom. The molecule has 0 atom stereocenters. The number of halogens is 1. The summed E-state index contributed by atoms with van der Waals surface area (Å²) in [4.78, 5) is 2.37. The predicted molar refractivity (Wildman–Crippen MR) is 68.2 cm³/mol. The summed E-state index contributed by atoms with van der Waals surface area (Å²) < 4.78 is 0. The normalized spacial score (nSPS) is 15.1. The molecule has 1 aromatic carbocycles. The van der Waals surface area contributed by atoms with Gasteiger partial charge in [-0.2, -0.15) is 5.26 Å². The molecule has 1 saturated heterocycles. The van der Waals surface area contributed by atoms with Gasteiger partial charge in [0.15, 0.2) is 0 Å². The Morgan fingerprint density at radius 1 is 1.31 bits per heavy atom. The van der Waals surface area contributed by atoms with Crippen LogP contribution in [0.2, 0.25) is 0 Å². The van der Waals surface area contributed by atoms with Gasteiger partial charge in [0.1, 0.15) is 0 Å². The number of hydrogen-bond acceptors (Lipinski definition) is 3.